The molecule has 1 heterocycles. The molecule has 2 aromatic rings. The van der Waals surface area contributed by atoms with Gasteiger partial charge in [0.05, 0.1) is 7.11 Å². The van der Waals surface area contributed by atoms with Crippen molar-refractivity contribution in [1.82, 2.24) is 4.98 Å². The van der Waals surface area contributed by atoms with E-state index in [4.69, 9.17) is 4.74 Å². The van der Waals surface area contributed by atoms with E-state index in [1.807, 2.05) is 24.4 Å². The van der Waals surface area contributed by atoms with Gasteiger partial charge in [-0.2, -0.15) is 0 Å². The van der Waals surface area contributed by atoms with Crippen LogP contribution in [-0.2, 0) is 4.79 Å². The molecular weight excluding hydrogens is 264 g/mol. The first-order chi connectivity index (χ1) is 10.2. The van der Waals surface area contributed by atoms with Crippen LogP contribution in [0.5, 0.6) is 5.75 Å². The molecule has 21 heavy (non-hydrogen) atoms. The maximum atomic E-state index is 11.4. The Labute approximate surface area is 124 Å². The van der Waals surface area contributed by atoms with Crippen LogP contribution < -0.4 is 9.64 Å². The van der Waals surface area contributed by atoms with Gasteiger partial charge in [0.2, 0.25) is 0 Å². The number of Topliss-reactive ketones (excluding diaryl/α,β-unsaturated/α-hetero) is 1. The number of carbonyl (C=O) groups excluding carboxylic acids is 1. The van der Waals surface area contributed by atoms with Crippen molar-refractivity contribution in [2.45, 2.75) is 31.7 Å². The van der Waals surface area contributed by atoms with Gasteiger partial charge in [0.25, 0.3) is 0 Å². The minimum atomic E-state index is 0.381. The number of hydrogen-bond donors (Lipinski definition) is 0. The quantitative estimate of drug-likeness (QED) is 0.868. The van der Waals surface area contributed by atoms with Gasteiger partial charge in [0, 0.05) is 37.5 Å². The Kier molecular flexibility index (Phi) is 3.78. The molecule has 1 aromatic heterocycles. The molecule has 0 amide bonds. The summed E-state index contributed by atoms with van der Waals surface area (Å²) in [6.07, 6.45) is 5.04. The van der Waals surface area contributed by atoms with E-state index in [1.165, 1.54) is 0 Å². The van der Waals surface area contributed by atoms with Crippen LogP contribution in [0.4, 0.5) is 5.82 Å². The second-order valence-corrected chi connectivity index (χ2v) is 5.60. The zero-order valence-electron chi connectivity index (χ0n) is 12.5. The number of carbonyl (C=O) groups is 1. The average molecular weight is 284 g/mol. The highest BCUT2D eigenvalue weighted by Gasteiger charge is 2.24. The van der Waals surface area contributed by atoms with E-state index in [2.05, 4.69) is 23.0 Å². The van der Waals surface area contributed by atoms with Crippen molar-refractivity contribution >= 4 is 22.4 Å². The molecule has 1 aliphatic rings. The minimum Gasteiger partial charge on any atom is -0.497 e. The lowest BCUT2D eigenvalue weighted by Crippen LogP contribution is -2.35. The normalized spacial score (nSPS) is 16.2. The van der Waals surface area contributed by atoms with E-state index in [0.717, 1.165) is 35.2 Å². The van der Waals surface area contributed by atoms with Gasteiger partial charge in [-0.1, -0.05) is 6.07 Å². The Balaban J connectivity index is 1.97. The first-order valence-corrected chi connectivity index (χ1v) is 7.36. The van der Waals surface area contributed by atoms with Crippen LogP contribution in [-0.4, -0.2) is 31.0 Å². The number of hydrogen-bond acceptors (Lipinski definition) is 4. The second kappa shape index (κ2) is 5.72. The van der Waals surface area contributed by atoms with Crippen LogP contribution in [0.15, 0.2) is 30.5 Å². The summed E-state index contributed by atoms with van der Waals surface area (Å²) in [6.45, 7) is 0. The molecule has 0 bridgehead atoms. The van der Waals surface area contributed by atoms with E-state index in [-0.39, 0.29) is 0 Å². The summed E-state index contributed by atoms with van der Waals surface area (Å²) >= 11 is 0. The molecule has 0 atom stereocenters. The lowest BCUT2D eigenvalue weighted by Gasteiger charge is -2.32. The van der Waals surface area contributed by atoms with E-state index < -0.39 is 0 Å². The van der Waals surface area contributed by atoms with Gasteiger partial charge in [0.15, 0.2) is 0 Å². The molecule has 0 unspecified atom stereocenters. The first-order valence-electron chi connectivity index (χ1n) is 7.36. The molecule has 0 saturated heterocycles. The maximum Gasteiger partial charge on any atom is 0.136 e. The monoisotopic (exact) mass is 284 g/mol. The van der Waals surface area contributed by atoms with Gasteiger partial charge < -0.3 is 9.64 Å². The average Bonchev–Trinajstić information content (AvgIpc) is 2.54. The summed E-state index contributed by atoms with van der Waals surface area (Å²) < 4.78 is 5.33. The van der Waals surface area contributed by atoms with Crippen LogP contribution >= 0.6 is 0 Å². The van der Waals surface area contributed by atoms with Crippen molar-refractivity contribution in [2.75, 3.05) is 19.1 Å². The van der Waals surface area contributed by atoms with Crippen LogP contribution in [0.2, 0.25) is 0 Å². The molecule has 0 aliphatic heterocycles. The number of benzene rings is 1. The second-order valence-electron chi connectivity index (χ2n) is 5.60. The number of ketones is 1. The molecule has 0 spiro atoms. The Hall–Kier alpha value is -2.10. The van der Waals surface area contributed by atoms with Gasteiger partial charge in [-0.05, 0) is 36.4 Å². The molecule has 4 heteroatoms. The lowest BCUT2D eigenvalue weighted by atomic mass is 9.93. The van der Waals surface area contributed by atoms with E-state index in [0.29, 0.717) is 24.7 Å². The van der Waals surface area contributed by atoms with Crippen molar-refractivity contribution in [1.29, 1.82) is 0 Å². The molecule has 0 N–H and O–H groups in total. The van der Waals surface area contributed by atoms with Crippen LogP contribution in [0.25, 0.3) is 10.8 Å². The van der Waals surface area contributed by atoms with Crippen molar-refractivity contribution in [3.05, 3.63) is 30.5 Å². The van der Waals surface area contributed by atoms with E-state index >= 15 is 0 Å². The highest BCUT2D eigenvalue weighted by molar-refractivity contribution is 5.93. The zero-order valence-corrected chi connectivity index (χ0v) is 12.5. The van der Waals surface area contributed by atoms with Gasteiger partial charge >= 0.3 is 0 Å². The summed E-state index contributed by atoms with van der Waals surface area (Å²) in [7, 11) is 3.75. The van der Waals surface area contributed by atoms with Crippen molar-refractivity contribution in [3.8, 4) is 5.75 Å². The predicted octanol–water partition coefficient (Wildman–Crippen LogP) is 3.19. The highest BCUT2D eigenvalue weighted by Crippen LogP contribution is 2.31. The molecule has 1 aromatic carbocycles. The Morgan fingerprint density at radius 1 is 1.24 bits per heavy atom. The fourth-order valence-corrected chi connectivity index (χ4v) is 3.02. The molecule has 3 rings (SSSR count). The van der Waals surface area contributed by atoms with Crippen molar-refractivity contribution in [3.63, 3.8) is 0 Å². The first kappa shape index (κ1) is 13.9. The number of fused-ring (bicyclic) bond motifs is 1. The standard InChI is InChI=1S/C17H20N2O2/c1-19(13-4-6-14(20)7-5-13)17-16-11-15(21-2)8-3-12(16)9-10-18-17/h3,8-11,13H,4-7H2,1-2H3. The number of anilines is 1. The number of ether oxygens (including phenoxy) is 1. The molecule has 0 radical (unpaired) electrons. The summed E-state index contributed by atoms with van der Waals surface area (Å²) in [4.78, 5) is 18.2. The topological polar surface area (TPSA) is 42.4 Å². The summed E-state index contributed by atoms with van der Waals surface area (Å²) in [5.41, 5.74) is 0. The third-order valence-electron chi connectivity index (χ3n) is 4.35. The predicted molar refractivity (Wildman–Crippen MR) is 84.0 cm³/mol. The summed E-state index contributed by atoms with van der Waals surface area (Å²) in [5, 5.41) is 2.25. The van der Waals surface area contributed by atoms with Gasteiger partial charge in [-0.3, -0.25) is 4.79 Å². The SMILES string of the molecule is COc1ccc2ccnc(N(C)C3CCC(=O)CC3)c2c1. The minimum absolute atomic E-state index is 0.381. The maximum absolute atomic E-state index is 11.4. The van der Waals surface area contributed by atoms with Gasteiger partial charge in [-0.15, -0.1) is 0 Å². The fraction of sp³-hybridized carbons (Fsp3) is 0.412. The molecule has 110 valence electrons. The van der Waals surface area contributed by atoms with E-state index in [9.17, 15) is 4.79 Å². The summed E-state index contributed by atoms with van der Waals surface area (Å²) in [5.74, 6) is 2.18. The number of rotatable bonds is 3. The Morgan fingerprint density at radius 3 is 2.71 bits per heavy atom. The van der Waals surface area contributed by atoms with Crippen molar-refractivity contribution in [2.24, 2.45) is 0 Å². The number of nitrogens with zero attached hydrogens (tertiary/aromatic N) is 2. The van der Waals surface area contributed by atoms with Gasteiger partial charge in [0.1, 0.15) is 17.4 Å². The third-order valence-corrected chi connectivity index (χ3v) is 4.35. The van der Waals surface area contributed by atoms with Crippen LogP contribution in [0.1, 0.15) is 25.7 Å². The fourth-order valence-electron chi connectivity index (χ4n) is 3.02. The largest absolute Gasteiger partial charge is 0.497 e. The Bertz CT molecular complexity index is 659. The molecule has 4 nitrogen and oxygen atoms in total. The van der Waals surface area contributed by atoms with Crippen LogP contribution in [0, 0.1) is 0 Å². The van der Waals surface area contributed by atoms with Crippen LogP contribution in [0.3, 0.4) is 0 Å². The molecule has 1 fully saturated rings. The number of pyridine rings is 1. The number of methoxy groups -OCH3 is 1. The van der Waals surface area contributed by atoms with E-state index in [1.54, 1.807) is 7.11 Å². The zero-order chi connectivity index (χ0) is 14.8. The summed E-state index contributed by atoms with van der Waals surface area (Å²) in [6, 6.07) is 8.44. The molecule has 1 saturated carbocycles. The molecule has 1 aliphatic carbocycles. The van der Waals surface area contributed by atoms with Crippen molar-refractivity contribution < 1.29 is 9.53 Å². The highest BCUT2D eigenvalue weighted by atomic mass is 16.5. The smallest absolute Gasteiger partial charge is 0.136 e. The molecular formula is C17H20N2O2. The Morgan fingerprint density at radius 2 is 2.00 bits per heavy atom. The third kappa shape index (κ3) is 2.71. The number of aromatic nitrogens is 1. The lowest BCUT2D eigenvalue weighted by molar-refractivity contribution is -0.120. The van der Waals surface area contributed by atoms with Gasteiger partial charge in [-0.25, -0.2) is 4.98 Å².